The highest BCUT2D eigenvalue weighted by Gasteiger charge is 2.15. The fraction of sp³-hybridized carbons (Fsp3) is 0.308. The summed E-state index contributed by atoms with van der Waals surface area (Å²) in [5.74, 6) is 0.142. The van der Waals surface area contributed by atoms with Gasteiger partial charge in [0.1, 0.15) is 0 Å². The molecule has 78 valence electrons. The molecular weight excluding hydrogens is 186 g/mol. The van der Waals surface area contributed by atoms with Gasteiger partial charge in [-0.1, -0.05) is 29.8 Å². The molecule has 2 rings (SSSR count). The minimum Gasteiger partial charge on any atom is -0.335 e. The number of carbonyl (C=O) groups is 1. The van der Waals surface area contributed by atoms with Crippen molar-refractivity contribution in [1.82, 2.24) is 4.90 Å². The molecule has 0 atom stereocenters. The van der Waals surface area contributed by atoms with Crippen LogP contribution in [0.2, 0.25) is 0 Å². The van der Waals surface area contributed by atoms with Crippen LogP contribution in [0.15, 0.2) is 36.4 Å². The van der Waals surface area contributed by atoms with E-state index < -0.39 is 0 Å². The molecule has 1 aromatic rings. The van der Waals surface area contributed by atoms with Crippen molar-refractivity contribution in [1.29, 1.82) is 0 Å². The first-order valence-corrected chi connectivity index (χ1v) is 5.28. The Morgan fingerprint density at radius 1 is 1.33 bits per heavy atom. The Labute approximate surface area is 90.2 Å². The number of hydrogen-bond acceptors (Lipinski definition) is 1. The number of amides is 1. The van der Waals surface area contributed by atoms with E-state index in [0.717, 1.165) is 30.6 Å². The van der Waals surface area contributed by atoms with Crippen LogP contribution in [0.1, 0.15) is 22.3 Å². The Kier molecular flexibility index (Phi) is 2.86. The molecule has 0 saturated carbocycles. The van der Waals surface area contributed by atoms with E-state index in [-0.39, 0.29) is 5.91 Å². The van der Waals surface area contributed by atoms with Crippen LogP contribution >= 0.6 is 0 Å². The molecule has 0 N–H and O–H groups in total. The number of benzene rings is 1. The van der Waals surface area contributed by atoms with Gasteiger partial charge in [-0.15, -0.1) is 0 Å². The summed E-state index contributed by atoms with van der Waals surface area (Å²) in [7, 11) is 0. The number of aryl methyl sites for hydroxylation is 1. The van der Waals surface area contributed by atoms with Crippen molar-refractivity contribution in [3.05, 3.63) is 47.5 Å². The average Bonchev–Trinajstić information content (AvgIpc) is 2.29. The lowest BCUT2D eigenvalue weighted by Crippen LogP contribution is -2.33. The number of hydrogen-bond donors (Lipinski definition) is 0. The first kappa shape index (κ1) is 9.97. The monoisotopic (exact) mass is 201 g/mol. The molecule has 0 unspecified atom stereocenters. The van der Waals surface area contributed by atoms with Gasteiger partial charge in [-0.25, -0.2) is 0 Å². The predicted molar refractivity (Wildman–Crippen MR) is 60.8 cm³/mol. The highest BCUT2D eigenvalue weighted by molar-refractivity contribution is 5.94. The predicted octanol–water partition coefficient (Wildman–Crippen LogP) is 2.40. The molecule has 0 radical (unpaired) electrons. The highest BCUT2D eigenvalue weighted by Crippen LogP contribution is 2.10. The highest BCUT2D eigenvalue weighted by atomic mass is 16.2. The van der Waals surface area contributed by atoms with Crippen molar-refractivity contribution >= 4 is 5.91 Å². The summed E-state index contributed by atoms with van der Waals surface area (Å²) < 4.78 is 0. The molecule has 1 aliphatic heterocycles. The van der Waals surface area contributed by atoms with Gasteiger partial charge in [0, 0.05) is 18.7 Å². The molecule has 0 saturated heterocycles. The van der Waals surface area contributed by atoms with E-state index in [2.05, 4.69) is 12.2 Å². The Morgan fingerprint density at radius 3 is 2.87 bits per heavy atom. The fourth-order valence-electron chi connectivity index (χ4n) is 1.79. The second-order valence-electron chi connectivity index (χ2n) is 3.88. The first-order chi connectivity index (χ1) is 7.27. The van der Waals surface area contributed by atoms with Crippen molar-refractivity contribution in [2.24, 2.45) is 0 Å². The summed E-state index contributed by atoms with van der Waals surface area (Å²) in [6.45, 7) is 3.59. The normalized spacial score (nSPS) is 15.4. The van der Waals surface area contributed by atoms with E-state index in [1.54, 1.807) is 0 Å². The second-order valence-corrected chi connectivity index (χ2v) is 3.88. The van der Waals surface area contributed by atoms with Crippen molar-refractivity contribution in [3.8, 4) is 0 Å². The molecule has 1 heterocycles. The maximum Gasteiger partial charge on any atom is 0.254 e. The lowest BCUT2D eigenvalue weighted by Gasteiger charge is -2.23. The largest absolute Gasteiger partial charge is 0.335 e. The summed E-state index contributed by atoms with van der Waals surface area (Å²) in [5.41, 5.74) is 1.93. The molecule has 0 fully saturated rings. The van der Waals surface area contributed by atoms with Gasteiger partial charge in [0.2, 0.25) is 0 Å². The average molecular weight is 201 g/mol. The SMILES string of the molecule is Cc1cccc(C(=O)N2CC=CCC2)c1. The quantitative estimate of drug-likeness (QED) is 0.639. The van der Waals surface area contributed by atoms with Crippen molar-refractivity contribution in [2.45, 2.75) is 13.3 Å². The third-order valence-electron chi connectivity index (χ3n) is 2.61. The zero-order valence-electron chi connectivity index (χ0n) is 8.94. The summed E-state index contributed by atoms with van der Waals surface area (Å²) in [6, 6.07) is 7.77. The minimum absolute atomic E-state index is 0.142. The molecule has 0 aliphatic carbocycles. The Hall–Kier alpha value is -1.57. The lowest BCUT2D eigenvalue weighted by molar-refractivity contribution is 0.0771. The van der Waals surface area contributed by atoms with Crippen molar-refractivity contribution in [2.75, 3.05) is 13.1 Å². The molecule has 1 aromatic carbocycles. The second kappa shape index (κ2) is 4.30. The van der Waals surface area contributed by atoms with E-state index in [1.165, 1.54) is 0 Å². The summed E-state index contributed by atoms with van der Waals surface area (Å²) in [4.78, 5) is 13.9. The van der Waals surface area contributed by atoms with Crippen LogP contribution in [0.4, 0.5) is 0 Å². The third-order valence-corrected chi connectivity index (χ3v) is 2.61. The van der Waals surface area contributed by atoms with Gasteiger partial charge in [0.25, 0.3) is 5.91 Å². The number of carbonyl (C=O) groups excluding carboxylic acids is 1. The Morgan fingerprint density at radius 2 is 2.20 bits per heavy atom. The fourth-order valence-corrected chi connectivity index (χ4v) is 1.79. The molecule has 0 aromatic heterocycles. The minimum atomic E-state index is 0.142. The standard InChI is InChI=1S/C13H15NO/c1-11-6-5-7-12(10-11)13(15)14-8-3-2-4-9-14/h2-3,5-7,10H,4,8-9H2,1H3. The summed E-state index contributed by atoms with van der Waals surface area (Å²) >= 11 is 0. The van der Waals surface area contributed by atoms with Crippen LogP contribution in [-0.2, 0) is 0 Å². The van der Waals surface area contributed by atoms with Crippen LogP contribution in [0.3, 0.4) is 0 Å². The molecular formula is C13H15NO. The van der Waals surface area contributed by atoms with Crippen molar-refractivity contribution in [3.63, 3.8) is 0 Å². The van der Waals surface area contributed by atoms with Crippen LogP contribution in [0.5, 0.6) is 0 Å². The molecule has 15 heavy (non-hydrogen) atoms. The Balaban J connectivity index is 2.16. The van der Waals surface area contributed by atoms with Gasteiger partial charge >= 0.3 is 0 Å². The third kappa shape index (κ3) is 2.27. The van der Waals surface area contributed by atoms with Gasteiger partial charge in [0.15, 0.2) is 0 Å². The van der Waals surface area contributed by atoms with Gasteiger partial charge in [-0.05, 0) is 25.5 Å². The lowest BCUT2D eigenvalue weighted by atomic mass is 10.1. The topological polar surface area (TPSA) is 20.3 Å². The first-order valence-electron chi connectivity index (χ1n) is 5.28. The van der Waals surface area contributed by atoms with Crippen LogP contribution in [0, 0.1) is 6.92 Å². The molecule has 2 nitrogen and oxygen atoms in total. The molecule has 0 bridgehead atoms. The molecule has 2 heteroatoms. The Bertz CT molecular complexity index is 395. The van der Waals surface area contributed by atoms with Gasteiger partial charge in [-0.2, -0.15) is 0 Å². The van der Waals surface area contributed by atoms with E-state index in [4.69, 9.17) is 0 Å². The number of nitrogens with zero attached hydrogens (tertiary/aromatic N) is 1. The van der Waals surface area contributed by atoms with E-state index in [0.29, 0.717) is 0 Å². The number of rotatable bonds is 1. The van der Waals surface area contributed by atoms with E-state index in [9.17, 15) is 4.79 Å². The summed E-state index contributed by atoms with van der Waals surface area (Å²) in [5, 5.41) is 0. The molecule has 0 spiro atoms. The van der Waals surface area contributed by atoms with Crippen LogP contribution in [-0.4, -0.2) is 23.9 Å². The maximum absolute atomic E-state index is 12.0. The summed E-state index contributed by atoms with van der Waals surface area (Å²) in [6.07, 6.45) is 5.15. The maximum atomic E-state index is 12.0. The zero-order chi connectivity index (χ0) is 10.7. The van der Waals surface area contributed by atoms with Gasteiger partial charge in [-0.3, -0.25) is 4.79 Å². The molecule has 1 amide bonds. The molecule has 1 aliphatic rings. The van der Waals surface area contributed by atoms with Gasteiger partial charge < -0.3 is 4.90 Å². The van der Waals surface area contributed by atoms with E-state index in [1.807, 2.05) is 36.1 Å². The van der Waals surface area contributed by atoms with Crippen molar-refractivity contribution < 1.29 is 4.79 Å². The van der Waals surface area contributed by atoms with E-state index >= 15 is 0 Å². The van der Waals surface area contributed by atoms with Gasteiger partial charge in [0.05, 0.1) is 0 Å². The smallest absolute Gasteiger partial charge is 0.254 e. The van der Waals surface area contributed by atoms with Crippen LogP contribution in [0.25, 0.3) is 0 Å². The van der Waals surface area contributed by atoms with Crippen LogP contribution < -0.4 is 0 Å². The zero-order valence-corrected chi connectivity index (χ0v) is 8.94.